The van der Waals surface area contributed by atoms with Crippen LogP contribution in [0.1, 0.15) is 35.7 Å². The molecule has 0 spiro atoms. The van der Waals surface area contributed by atoms with E-state index in [0.29, 0.717) is 22.5 Å². The summed E-state index contributed by atoms with van der Waals surface area (Å²) in [6.45, 7) is 5.47. The van der Waals surface area contributed by atoms with Crippen molar-refractivity contribution < 1.29 is 17.9 Å². The molecule has 0 radical (unpaired) electrons. The van der Waals surface area contributed by atoms with Gasteiger partial charge < -0.3 is 9.72 Å². The van der Waals surface area contributed by atoms with Crippen molar-refractivity contribution in [2.24, 2.45) is 0 Å². The van der Waals surface area contributed by atoms with Crippen molar-refractivity contribution in [1.82, 2.24) is 9.97 Å². The number of hydrogen-bond donors (Lipinski definition) is 1. The van der Waals surface area contributed by atoms with Crippen LogP contribution in [-0.2, 0) is 19.4 Å². The van der Waals surface area contributed by atoms with Gasteiger partial charge in [-0.05, 0) is 32.8 Å². The number of thioether (sulfide) groups is 1. The molecule has 142 valence electrons. The molecule has 1 N–H and O–H groups in total. The summed E-state index contributed by atoms with van der Waals surface area (Å²) in [7, 11) is -2.96. The standard InChI is InChI=1S/C16H20N2O5S3/c1-8-10(3)25-16-13(8)15(20)17-14(18-16)9(2)23-12(19)6-24-11-4-5-26(21,22)7-11/h9,11H,4-7H2,1-3H3,(H,17,18,20)/t9-,11-/m1/s1. The number of aromatic amines is 1. The van der Waals surface area contributed by atoms with Crippen molar-refractivity contribution in [3.8, 4) is 0 Å². The fourth-order valence-electron chi connectivity index (χ4n) is 2.83. The van der Waals surface area contributed by atoms with Gasteiger partial charge in [-0.25, -0.2) is 13.4 Å². The Kier molecular flexibility index (Phi) is 5.45. The maximum absolute atomic E-state index is 12.3. The second-order valence-corrected chi connectivity index (χ2v) is 11.1. The molecule has 0 amide bonds. The normalized spacial score (nSPS) is 20.3. The summed E-state index contributed by atoms with van der Waals surface area (Å²) >= 11 is 2.74. The van der Waals surface area contributed by atoms with Crippen molar-refractivity contribution in [1.29, 1.82) is 0 Å². The van der Waals surface area contributed by atoms with E-state index in [1.165, 1.54) is 23.1 Å². The van der Waals surface area contributed by atoms with Gasteiger partial charge in [-0.2, -0.15) is 0 Å². The molecule has 0 bridgehead atoms. The van der Waals surface area contributed by atoms with Crippen LogP contribution < -0.4 is 5.56 Å². The number of nitrogens with one attached hydrogen (secondary N) is 1. The van der Waals surface area contributed by atoms with Crippen LogP contribution in [0.4, 0.5) is 0 Å². The number of esters is 1. The van der Waals surface area contributed by atoms with E-state index in [4.69, 9.17) is 4.74 Å². The van der Waals surface area contributed by atoms with Gasteiger partial charge in [-0.1, -0.05) is 0 Å². The molecule has 0 unspecified atom stereocenters. The van der Waals surface area contributed by atoms with E-state index in [9.17, 15) is 18.0 Å². The number of fused-ring (bicyclic) bond motifs is 1. The van der Waals surface area contributed by atoms with Gasteiger partial charge in [0.2, 0.25) is 0 Å². The summed E-state index contributed by atoms with van der Waals surface area (Å²) in [6, 6.07) is 0. The predicted molar refractivity (Wildman–Crippen MR) is 104 cm³/mol. The van der Waals surface area contributed by atoms with E-state index in [1.807, 2.05) is 13.8 Å². The lowest BCUT2D eigenvalue weighted by atomic mass is 10.2. The van der Waals surface area contributed by atoms with E-state index in [1.54, 1.807) is 6.92 Å². The molecule has 7 nitrogen and oxygen atoms in total. The van der Waals surface area contributed by atoms with Crippen LogP contribution in [-0.4, -0.2) is 46.9 Å². The van der Waals surface area contributed by atoms with Gasteiger partial charge >= 0.3 is 5.97 Å². The fraction of sp³-hybridized carbons (Fsp3) is 0.562. The quantitative estimate of drug-likeness (QED) is 0.744. The lowest BCUT2D eigenvalue weighted by molar-refractivity contribution is -0.145. The SMILES string of the molecule is Cc1sc2nc([C@@H](C)OC(=O)CS[C@@H]3CCS(=O)(=O)C3)[nH]c(=O)c2c1C. The third-order valence-corrected chi connectivity index (χ3v) is 8.73. The third kappa shape index (κ3) is 4.12. The van der Waals surface area contributed by atoms with Crippen LogP contribution in [0.15, 0.2) is 4.79 Å². The molecule has 0 saturated carbocycles. The highest BCUT2D eigenvalue weighted by Gasteiger charge is 2.29. The first kappa shape index (κ1) is 19.4. The molecular formula is C16H20N2O5S3. The second kappa shape index (κ2) is 7.32. The number of sulfone groups is 1. The lowest BCUT2D eigenvalue weighted by Crippen LogP contribution is -2.19. The first-order valence-electron chi connectivity index (χ1n) is 8.17. The molecule has 1 aliphatic rings. The molecule has 1 fully saturated rings. The van der Waals surface area contributed by atoms with Crippen LogP contribution in [0, 0.1) is 13.8 Å². The van der Waals surface area contributed by atoms with Crippen molar-refractivity contribution in [3.63, 3.8) is 0 Å². The molecule has 10 heteroatoms. The van der Waals surface area contributed by atoms with Crippen molar-refractivity contribution in [2.45, 2.75) is 38.5 Å². The number of nitrogens with zero attached hydrogens (tertiary/aromatic N) is 1. The van der Waals surface area contributed by atoms with Crippen LogP contribution in [0.5, 0.6) is 0 Å². The molecule has 1 saturated heterocycles. The largest absolute Gasteiger partial charge is 0.454 e. The van der Waals surface area contributed by atoms with Gasteiger partial charge in [-0.3, -0.25) is 9.59 Å². The summed E-state index contributed by atoms with van der Waals surface area (Å²) in [5.41, 5.74) is 0.679. The molecule has 26 heavy (non-hydrogen) atoms. The van der Waals surface area contributed by atoms with Gasteiger partial charge in [0, 0.05) is 10.1 Å². The Morgan fingerprint density at radius 3 is 2.85 bits per heavy atom. The number of rotatable bonds is 5. The topological polar surface area (TPSA) is 106 Å². The number of carbonyl (C=O) groups is 1. The number of aryl methyl sites for hydroxylation is 2. The molecule has 2 aromatic rings. The van der Waals surface area contributed by atoms with Crippen molar-refractivity contribution >= 4 is 49.1 Å². The van der Waals surface area contributed by atoms with Crippen LogP contribution in [0.2, 0.25) is 0 Å². The monoisotopic (exact) mass is 416 g/mol. The smallest absolute Gasteiger partial charge is 0.316 e. The second-order valence-electron chi connectivity index (χ2n) is 6.38. The summed E-state index contributed by atoms with van der Waals surface area (Å²) in [5, 5.41) is 0.516. The number of ether oxygens (including phenoxy) is 1. The van der Waals surface area contributed by atoms with Crippen LogP contribution in [0.3, 0.4) is 0 Å². The molecule has 3 heterocycles. The number of aromatic nitrogens is 2. The van der Waals surface area contributed by atoms with E-state index in [0.717, 1.165) is 10.4 Å². The van der Waals surface area contributed by atoms with Crippen molar-refractivity contribution in [2.75, 3.05) is 17.3 Å². The Morgan fingerprint density at radius 1 is 1.46 bits per heavy atom. The summed E-state index contributed by atoms with van der Waals surface area (Å²) in [4.78, 5) is 33.1. The molecular weight excluding hydrogens is 396 g/mol. The van der Waals surface area contributed by atoms with Gasteiger partial charge in [-0.15, -0.1) is 23.1 Å². The minimum Gasteiger partial charge on any atom is -0.454 e. The number of carbonyl (C=O) groups excluding carboxylic acids is 1. The molecule has 1 aliphatic heterocycles. The Hall–Kier alpha value is -1.39. The predicted octanol–water partition coefficient (Wildman–Crippen LogP) is 2.13. The minimum atomic E-state index is -2.96. The summed E-state index contributed by atoms with van der Waals surface area (Å²) < 4.78 is 28.2. The average Bonchev–Trinajstić information content (AvgIpc) is 3.04. The highest BCUT2D eigenvalue weighted by Crippen LogP contribution is 2.27. The zero-order valence-corrected chi connectivity index (χ0v) is 17.1. The van der Waals surface area contributed by atoms with Crippen LogP contribution in [0.25, 0.3) is 10.2 Å². The third-order valence-electron chi connectivity index (χ3n) is 4.38. The molecule has 2 atom stereocenters. The molecule has 0 aromatic carbocycles. The van der Waals surface area contributed by atoms with Gasteiger partial charge in [0.05, 0.1) is 22.6 Å². The van der Waals surface area contributed by atoms with Crippen molar-refractivity contribution in [3.05, 3.63) is 26.6 Å². The Balaban J connectivity index is 1.64. The molecule has 3 rings (SSSR count). The maximum atomic E-state index is 12.3. The Labute approximate surface area is 159 Å². The minimum absolute atomic E-state index is 0.0609. The van der Waals surface area contributed by atoms with E-state index in [-0.39, 0.29) is 28.1 Å². The Bertz CT molecular complexity index is 1010. The fourth-order valence-corrected chi connectivity index (χ4v) is 7.29. The average molecular weight is 417 g/mol. The maximum Gasteiger partial charge on any atom is 0.316 e. The number of thiophene rings is 1. The highest BCUT2D eigenvalue weighted by atomic mass is 32.2. The van der Waals surface area contributed by atoms with Gasteiger partial charge in [0.1, 0.15) is 4.83 Å². The van der Waals surface area contributed by atoms with Crippen LogP contribution >= 0.6 is 23.1 Å². The zero-order valence-electron chi connectivity index (χ0n) is 14.7. The summed E-state index contributed by atoms with van der Waals surface area (Å²) in [5.74, 6) is 0.233. The van der Waals surface area contributed by atoms with Gasteiger partial charge in [0.25, 0.3) is 5.56 Å². The Morgan fingerprint density at radius 2 is 2.19 bits per heavy atom. The molecule has 0 aliphatic carbocycles. The van der Waals surface area contributed by atoms with Gasteiger partial charge in [0.15, 0.2) is 21.8 Å². The number of H-pyrrole nitrogens is 1. The van der Waals surface area contributed by atoms with E-state index >= 15 is 0 Å². The number of hydrogen-bond acceptors (Lipinski definition) is 8. The first-order chi connectivity index (χ1) is 12.2. The van der Waals surface area contributed by atoms with E-state index < -0.39 is 21.9 Å². The summed E-state index contributed by atoms with van der Waals surface area (Å²) in [6.07, 6.45) is -0.117. The zero-order chi connectivity index (χ0) is 19.1. The first-order valence-corrected chi connectivity index (χ1v) is 11.9. The van der Waals surface area contributed by atoms with E-state index in [2.05, 4.69) is 9.97 Å². The highest BCUT2D eigenvalue weighted by molar-refractivity contribution is 8.02. The molecule has 2 aromatic heterocycles. The lowest BCUT2D eigenvalue weighted by Gasteiger charge is -2.13.